The normalized spacial score (nSPS) is 12.1. The van der Waals surface area contributed by atoms with Gasteiger partial charge >= 0.3 is 16.3 Å². The Morgan fingerprint density at radius 1 is 1.05 bits per heavy atom. The number of hydrogen-bond donors (Lipinski definition) is 1. The van der Waals surface area contributed by atoms with Gasteiger partial charge in [0.2, 0.25) is 5.13 Å². The van der Waals surface area contributed by atoms with Gasteiger partial charge in [-0.15, -0.1) is 21.5 Å². The maximum atomic E-state index is 12.8. The molecule has 0 saturated heterocycles. The number of carbonyl (C=O) groups excluding carboxylic acids is 1. The summed E-state index contributed by atoms with van der Waals surface area (Å²) in [6, 6.07) is 13.9. The van der Waals surface area contributed by atoms with Crippen LogP contribution >= 0.6 is 22.7 Å². The first kappa shape index (κ1) is 26.0. The number of amides is 1. The number of nitrogens with zero attached hydrogens (tertiary/aromatic N) is 3. The molecule has 0 aliphatic carbocycles. The molecule has 4 aromatic rings. The molecule has 188 valence electrons. The Bertz CT molecular complexity index is 1610. The van der Waals surface area contributed by atoms with Crippen molar-refractivity contribution in [1.29, 1.82) is 5.26 Å². The van der Waals surface area contributed by atoms with E-state index >= 15 is 0 Å². The molecule has 0 aliphatic heterocycles. The fraction of sp³-hybridized carbons (Fsp3) is 0.0435. The van der Waals surface area contributed by atoms with Gasteiger partial charge < -0.3 is 4.18 Å². The molecule has 0 bridgehead atoms. The second-order valence-corrected chi connectivity index (χ2v) is 10.6. The maximum absolute atomic E-state index is 12.8. The van der Waals surface area contributed by atoms with Gasteiger partial charge in [0.05, 0.1) is 10.4 Å². The third kappa shape index (κ3) is 6.20. The maximum Gasteiger partial charge on any atom is 0.416 e. The zero-order valence-electron chi connectivity index (χ0n) is 18.3. The third-order valence-corrected chi connectivity index (χ3v) is 7.76. The van der Waals surface area contributed by atoms with E-state index in [0.29, 0.717) is 17.1 Å². The largest absolute Gasteiger partial charge is 0.416 e. The van der Waals surface area contributed by atoms with E-state index < -0.39 is 32.7 Å². The summed E-state index contributed by atoms with van der Waals surface area (Å²) >= 11 is 2.55. The van der Waals surface area contributed by atoms with Crippen LogP contribution in [0.4, 0.5) is 18.3 Å². The van der Waals surface area contributed by atoms with E-state index in [4.69, 9.17) is 4.18 Å². The molecule has 2 aromatic heterocycles. The molecule has 4 rings (SSSR count). The summed E-state index contributed by atoms with van der Waals surface area (Å²) in [5, 5.41) is 22.5. The predicted molar refractivity (Wildman–Crippen MR) is 131 cm³/mol. The van der Waals surface area contributed by atoms with Gasteiger partial charge in [0, 0.05) is 5.56 Å². The number of halogens is 3. The van der Waals surface area contributed by atoms with Crippen molar-refractivity contribution in [3.05, 3.63) is 82.7 Å². The monoisotopic (exact) mass is 562 g/mol. The summed E-state index contributed by atoms with van der Waals surface area (Å²) in [4.78, 5) is 13.0. The molecule has 0 saturated carbocycles. The molecule has 1 amide bonds. The molecule has 2 aromatic carbocycles. The Morgan fingerprint density at radius 3 is 2.43 bits per heavy atom. The van der Waals surface area contributed by atoms with Gasteiger partial charge in [-0.25, -0.2) is 0 Å². The van der Waals surface area contributed by atoms with Crippen LogP contribution in [0.3, 0.4) is 0 Å². The Balaban J connectivity index is 1.55. The molecule has 37 heavy (non-hydrogen) atoms. The van der Waals surface area contributed by atoms with E-state index in [2.05, 4.69) is 15.5 Å². The number of rotatable bonds is 7. The first-order chi connectivity index (χ1) is 17.6. The summed E-state index contributed by atoms with van der Waals surface area (Å²) in [5.74, 6) is -1.05. The van der Waals surface area contributed by atoms with Crippen molar-refractivity contribution in [1.82, 2.24) is 10.2 Å². The number of carbonyl (C=O) groups is 1. The molecule has 14 heteroatoms. The highest BCUT2D eigenvalue weighted by atomic mass is 32.2. The zero-order valence-corrected chi connectivity index (χ0v) is 20.7. The van der Waals surface area contributed by atoms with Gasteiger partial charge in [0.25, 0.3) is 5.91 Å². The molecule has 2 heterocycles. The van der Waals surface area contributed by atoms with Crippen molar-refractivity contribution < 1.29 is 30.6 Å². The summed E-state index contributed by atoms with van der Waals surface area (Å²) in [6.07, 6.45) is -3.51. The minimum atomic E-state index is -4.63. The minimum Gasteiger partial charge on any atom is -0.378 e. The van der Waals surface area contributed by atoms with Crippen LogP contribution in [0.25, 0.3) is 16.0 Å². The highest BCUT2D eigenvalue weighted by Gasteiger charge is 2.31. The predicted octanol–water partition coefficient (Wildman–Crippen LogP) is 5.60. The summed E-state index contributed by atoms with van der Waals surface area (Å²) < 4.78 is 68.8. The average molecular weight is 563 g/mol. The molecule has 0 radical (unpaired) electrons. The molecule has 1 N–H and O–H groups in total. The first-order valence-electron chi connectivity index (χ1n) is 10.1. The molecular weight excluding hydrogens is 549 g/mol. The lowest BCUT2D eigenvalue weighted by atomic mass is 10.1. The summed E-state index contributed by atoms with van der Waals surface area (Å²) in [6.45, 7) is 0. The lowest BCUT2D eigenvalue weighted by Gasteiger charge is -2.11. The second-order valence-electron chi connectivity index (χ2n) is 7.11. The number of nitriles is 1. The zero-order chi connectivity index (χ0) is 26.6. The number of para-hydroxylation sites is 1. The van der Waals surface area contributed by atoms with Crippen LogP contribution in [0.5, 0.6) is 5.75 Å². The average Bonchev–Trinajstić information content (AvgIpc) is 3.55. The van der Waals surface area contributed by atoms with Gasteiger partial charge in [-0.3, -0.25) is 10.1 Å². The number of anilines is 1. The topological polar surface area (TPSA) is 122 Å². The van der Waals surface area contributed by atoms with Gasteiger partial charge in [0.15, 0.2) is 5.01 Å². The Labute approximate surface area is 216 Å². The van der Waals surface area contributed by atoms with Crippen LogP contribution in [0.1, 0.15) is 11.1 Å². The minimum absolute atomic E-state index is 0.0706. The number of aromatic nitrogens is 2. The van der Waals surface area contributed by atoms with Crippen LogP contribution in [0.15, 0.2) is 76.5 Å². The van der Waals surface area contributed by atoms with Crippen LogP contribution in [0.2, 0.25) is 0 Å². The highest BCUT2D eigenvalue weighted by molar-refractivity contribution is 7.87. The molecule has 0 unspecified atom stereocenters. The van der Waals surface area contributed by atoms with E-state index in [0.717, 1.165) is 34.4 Å². The molecule has 0 aliphatic rings. The highest BCUT2D eigenvalue weighted by Crippen LogP contribution is 2.32. The van der Waals surface area contributed by atoms with Gasteiger partial charge in [0.1, 0.15) is 22.3 Å². The van der Waals surface area contributed by atoms with E-state index in [1.54, 1.807) is 6.07 Å². The van der Waals surface area contributed by atoms with Crippen LogP contribution in [-0.2, 0) is 21.1 Å². The number of hydrogen-bond acceptors (Lipinski definition) is 9. The van der Waals surface area contributed by atoms with E-state index in [-0.39, 0.29) is 22.0 Å². The van der Waals surface area contributed by atoms with Crippen molar-refractivity contribution in [2.24, 2.45) is 0 Å². The van der Waals surface area contributed by atoms with Gasteiger partial charge in [-0.2, -0.15) is 26.9 Å². The van der Waals surface area contributed by atoms with E-state index in [1.807, 2.05) is 17.5 Å². The van der Waals surface area contributed by atoms with E-state index in [9.17, 15) is 31.6 Å². The molecule has 0 fully saturated rings. The van der Waals surface area contributed by atoms with Gasteiger partial charge in [-0.1, -0.05) is 35.6 Å². The molecule has 0 atom stereocenters. The molecule has 8 nitrogen and oxygen atoms in total. The van der Waals surface area contributed by atoms with Gasteiger partial charge in [-0.05, 0) is 47.9 Å². The van der Waals surface area contributed by atoms with E-state index in [1.165, 1.54) is 35.6 Å². The first-order valence-corrected chi connectivity index (χ1v) is 13.2. The van der Waals surface area contributed by atoms with Crippen molar-refractivity contribution in [2.75, 3.05) is 5.32 Å². The lowest BCUT2D eigenvalue weighted by molar-refractivity contribution is -0.137. The van der Waals surface area contributed by atoms with Crippen LogP contribution in [-0.4, -0.2) is 24.5 Å². The van der Waals surface area contributed by atoms with Crippen molar-refractivity contribution in [3.63, 3.8) is 0 Å². The standard InChI is InChI=1S/C23H13F3N4O4S3/c24-23(25,26)16-7-9-17(10-8-16)37(32,33)34-18-5-2-1-4-14(18)12-15(13-27)20(31)28-22-30-29-21(36-22)19-6-3-11-35-19/h1-12H,(H,28,30,31)/b15-12+. The number of benzene rings is 2. The number of nitrogens with one attached hydrogen (secondary N) is 1. The molecule has 0 spiro atoms. The fourth-order valence-corrected chi connectivity index (χ4v) is 5.38. The van der Waals surface area contributed by atoms with Crippen molar-refractivity contribution in [3.8, 4) is 21.7 Å². The fourth-order valence-electron chi connectivity index (χ4n) is 2.89. The molecular formula is C23H13F3N4O4S3. The lowest BCUT2D eigenvalue weighted by Crippen LogP contribution is -2.14. The summed E-state index contributed by atoms with van der Waals surface area (Å²) in [5.41, 5.74) is -1.32. The summed E-state index contributed by atoms with van der Waals surface area (Å²) in [7, 11) is -4.52. The number of alkyl halides is 3. The Kier molecular flexibility index (Phi) is 7.39. The smallest absolute Gasteiger partial charge is 0.378 e. The van der Waals surface area contributed by atoms with Crippen LogP contribution in [0, 0.1) is 11.3 Å². The van der Waals surface area contributed by atoms with Crippen molar-refractivity contribution >= 4 is 49.9 Å². The van der Waals surface area contributed by atoms with Crippen LogP contribution < -0.4 is 9.50 Å². The Morgan fingerprint density at radius 2 is 1.78 bits per heavy atom. The number of thiophene rings is 1. The third-order valence-electron chi connectivity index (χ3n) is 4.63. The second kappa shape index (κ2) is 10.5. The van der Waals surface area contributed by atoms with Crippen molar-refractivity contribution in [2.45, 2.75) is 11.1 Å². The Hall–Kier alpha value is -4.06. The quantitative estimate of drug-likeness (QED) is 0.177. The SMILES string of the molecule is N#C/C(=C\c1ccccc1OS(=O)(=O)c1ccc(C(F)(F)F)cc1)C(=O)Nc1nnc(-c2cccs2)s1.